The number of thiophene rings is 1. The van der Waals surface area contributed by atoms with Crippen LogP contribution in [0.25, 0.3) is 0 Å². The van der Waals surface area contributed by atoms with Crippen molar-refractivity contribution in [3.05, 3.63) is 28.8 Å². The van der Waals surface area contributed by atoms with E-state index in [-0.39, 0.29) is 24.4 Å². The standard InChI is InChI=1S/C20H25F3N4O2S/c1-3-12-10-16(20(21,22)23)27-17(24-12)11-13(25-27)14-6-4-5-9-26(14)19(28)15-7-8-18(29-2)30-15/h7-8,11-12,14,16,24H,3-6,9-10H2,1-2H3/t12-,14?,16-/m1/s1. The van der Waals surface area contributed by atoms with Gasteiger partial charge in [-0.1, -0.05) is 18.3 Å². The number of ether oxygens (including phenoxy) is 1. The molecule has 0 aliphatic carbocycles. The molecule has 0 saturated carbocycles. The van der Waals surface area contributed by atoms with E-state index in [2.05, 4.69) is 10.4 Å². The topological polar surface area (TPSA) is 59.4 Å². The third-order valence-corrected chi connectivity index (χ3v) is 6.91. The van der Waals surface area contributed by atoms with E-state index in [0.29, 0.717) is 40.8 Å². The van der Waals surface area contributed by atoms with Gasteiger partial charge in [-0.3, -0.25) is 4.79 Å². The number of piperidine rings is 1. The van der Waals surface area contributed by atoms with Gasteiger partial charge in [-0.2, -0.15) is 18.3 Å². The number of anilines is 1. The van der Waals surface area contributed by atoms with Crippen molar-refractivity contribution < 1.29 is 22.7 Å². The van der Waals surface area contributed by atoms with Crippen molar-refractivity contribution >= 4 is 23.1 Å². The first kappa shape index (κ1) is 21.0. The fourth-order valence-corrected chi connectivity index (χ4v) is 5.05. The van der Waals surface area contributed by atoms with E-state index < -0.39 is 12.2 Å². The highest BCUT2D eigenvalue weighted by Crippen LogP contribution is 2.42. The Morgan fingerprint density at radius 2 is 2.17 bits per heavy atom. The summed E-state index contributed by atoms with van der Waals surface area (Å²) in [6.07, 6.45) is -1.38. The molecule has 0 bridgehead atoms. The number of nitrogens with zero attached hydrogens (tertiary/aromatic N) is 3. The molecule has 2 aromatic rings. The maximum atomic E-state index is 13.7. The Hall–Kier alpha value is -2.23. The summed E-state index contributed by atoms with van der Waals surface area (Å²) >= 11 is 1.27. The van der Waals surface area contributed by atoms with Crippen LogP contribution in [0.5, 0.6) is 5.06 Å². The first-order valence-electron chi connectivity index (χ1n) is 10.2. The van der Waals surface area contributed by atoms with Gasteiger partial charge in [0.1, 0.15) is 5.82 Å². The fraction of sp³-hybridized carbons (Fsp3) is 0.600. The van der Waals surface area contributed by atoms with Crippen LogP contribution in [0.15, 0.2) is 18.2 Å². The van der Waals surface area contributed by atoms with Gasteiger partial charge in [0.05, 0.1) is 23.7 Å². The number of methoxy groups -OCH3 is 1. The molecular weight excluding hydrogens is 417 g/mol. The minimum absolute atomic E-state index is 0.0452. The van der Waals surface area contributed by atoms with Crippen LogP contribution in [0.1, 0.15) is 66.5 Å². The summed E-state index contributed by atoms with van der Waals surface area (Å²) in [5, 5.41) is 8.18. The van der Waals surface area contributed by atoms with E-state index in [0.717, 1.165) is 17.5 Å². The summed E-state index contributed by atoms with van der Waals surface area (Å²) in [6, 6.07) is 2.91. The molecule has 0 radical (unpaired) electrons. The first-order chi connectivity index (χ1) is 14.3. The number of rotatable bonds is 4. The minimum atomic E-state index is -4.37. The van der Waals surface area contributed by atoms with Crippen molar-refractivity contribution in [2.75, 3.05) is 19.0 Å². The Kier molecular flexibility index (Phi) is 5.69. The molecular formula is C20H25F3N4O2S. The molecule has 1 unspecified atom stereocenters. The van der Waals surface area contributed by atoms with E-state index in [1.54, 1.807) is 30.2 Å². The highest BCUT2D eigenvalue weighted by Gasteiger charge is 2.46. The lowest BCUT2D eigenvalue weighted by Crippen LogP contribution is -2.39. The largest absolute Gasteiger partial charge is 0.487 e. The number of likely N-dealkylation sites (tertiary alicyclic amines) is 1. The lowest BCUT2D eigenvalue weighted by Gasteiger charge is -2.34. The highest BCUT2D eigenvalue weighted by atomic mass is 32.1. The van der Waals surface area contributed by atoms with Gasteiger partial charge in [-0.05, 0) is 44.2 Å². The third kappa shape index (κ3) is 3.89. The van der Waals surface area contributed by atoms with Crippen LogP contribution in [0, 0.1) is 0 Å². The zero-order chi connectivity index (χ0) is 21.5. The predicted octanol–water partition coefficient (Wildman–Crippen LogP) is 5.02. The summed E-state index contributed by atoms with van der Waals surface area (Å²) in [7, 11) is 1.55. The van der Waals surface area contributed by atoms with Gasteiger partial charge < -0.3 is 15.0 Å². The van der Waals surface area contributed by atoms with E-state index >= 15 is 0 Å². The van der Waals surface area contributed by atoms with Gasteiger partial charge in [0, 0.05) is 18.7 Å². The molecule has 164 valence electrons. The molecule has 1 fully saturated rings. The molecule has 1 amide bonds. The first-order valence-corrected chi connectivity index (χ1v) is 11.0. The van der Waals surface area contributed by atoms with Crippen LogP contribution >= 0.6 is 11.3 Å². The Labute approximate surface area is 177 Å². The molecule has 0 spiro atoms. The average Bonchev–Trinajstić information content (AvgIpc) is 3.38. The number of hydrogen-bond acceptors (Lipinski definition) is 5. The van der Waals surface area contributed by atoms with Crippen LogP contribution in [0.2, 0.25) is 0 Å². The number of amides is 1. The molecule has 0 aromatic carbocycles. The van der Waals surface area contributed by atoms with E-state index in [4.69, 9.17) is 4.74 Å². The van der Waals surface area contributed by atoms with Crippen LogP contribution in [-0.2, 0) is 0 Å². The lowest BCUT2D eigenvalue weighted by molar-refractivity contribution is -0.173. The third-order valence-electron chi connectivity index (χ3n) is 5.88. The van der Waals surface area contributed by atoms with Crippen molar-refractivity contribution in [3.8, 4) is 5.06 Å². The summed E-state index contributed by atoms with van der Waals surface area (Å²) in [6.45, 7) is 2.43. The Bertz CT molecular complexity index is 910. The molecule has 1 N–H and O–H groups in total. The number of fused-ring (bicyclic) bond motifs is 1. The van der Waals surface area contributed by atoms with E-state index in [1.807, 2.05) is 6.92 Å². The fourth-order valence-electron chi connectivity index (χ4n) is 4.27. The smallest absolute Gasteiger partial charge is 0.410 e. The second kappa shape index (κ2) is 8.13. The maximum Gasteiger partial charge on any atom is 0.410 e. The summed E-state index contributed by atoms with van der Waals surface area (Å²) in [5.41, 5.74) is 0.514. The van der Waals surface area contributed by atoms with Crippen molar-refractivity contribution in [2.45, 2.75) is 63.3 Å². The average molecular weight is 443 g/mol. The van der Waals surface area contributed by atoms with Crippen LogP contribution in [0.3, 0.4) is 0 Å². The predicted molar refractivity (Wildman–Crippen MR) is 108 cm³/mol. The Balaban J connectivity index is 1.65. The molecule has 4 rings (SSSR count). The normalized spacial score (nSPS) is 24.3. The molecule has 4 heterocycles. The Morgan fingerprint density at radius 3 is 2.83 bits per heavy atom. The molecule has 1 saturated heterocycles. The van der Waals surface area contributed by atoms with Gasteiger partial charge >= 0.3 is 6.18 Å². The molecule has 2 aliphatic rings. The minimum Gasteiger partial charge on any atom is -0.487 e. The van der Waals surface area contributed by atoms with Crippen molar-refractivity contribution in [2.24, 2.45) is 0 Å². The summed E-state index contributed by atoms with van der Waals surface area (Å²) in [5.74, 6) is 0.243. The van der Waals surface area contributed by atoms with Gasteiger partial charge in [-0.15, -0.1) is 0 Å². The van der Waals surface area contributed by atoms with Gasteiger partial charge in [0.15, 0.2) is 11.1 Å². The van der Waals surface area contributed by atoms with Crippen molar-refractivity contribution in [3.63, 3.8) is 0 Å². The monoisotopic (exact) mass is 442 g/mol. The number of nitrogens with one attached hydrogen (secondary N) is 1. The zero-order valence-electron chi connectivity index (χ0n) is 16.9. The lowest BCUT2D eigenvalue weighted by atomic mass is 9.99. The van der Waals surface area contributed by atoms with Gasteiger partial charge in [0.2, 0.25) is 0 Å². The Morgan fingerprint density at radius 1 is 1.37 bits per heavy atom. The number of carbonyl (C=O) groups is 1. The SMILES string of the molecule is CC[C@@H]1C[C@H](C(F)(F)F)n2nc(C3CCCCN3C(=O)c3ccc(OC)s3)cc2N1. The highest BCUT2D eigenvalue weighted by molar-refractivity contribution is 7.15. The van der Waals surface area contributed by atoms with E-state index in [1.165, 1.54) is 11.3 Å². The number of halogens is 3. The van der Waals surface area contributed by atoms with Gasteiger partial charge in [0.25, 0.3) is 5.91 Å². The molecule has 30 heavy (non-hydrogen) atoms. The van der Waals surface area contributed by atoms with Crippen LogP contribution in [-0.4, -0.2) is 46.5 Å². The summed E-state index contributed by atoms with van der Waals surface area (Å²) in [4.78, 5) is 15.4. The number of aromatic nitrogens is 2. The number of alkyl halides is 3. The molecule has 3 atom stereocenters. The second-order valence-electron chi connectivity index (χ2n) is 7.77. The van der Waals surface area contributed by atoms with E-state index in [9.17, 15) is 18.0 Å². The van der Waals surface area contributed by atoms with Gasteiger partial charge in [-0.25, -0.2) is 4.68 Å². The molecule has 2 aromatic heterocycles. The van der Waals surface area contributed by atoms with Crippen LogP contribution in [0.4, 0.5) is 19.0 Å². The molecule has 10 heteroatoms. The molecule has 2 aliphatic heterocycles. The van der Waals surface area contributed by atoms with Crippen molar-refractivity contribution in [1.82, 2.24) is 14.7 Å². The number of hydrogen-bond donors (Lipinski definition) is 1. The van der Waals surface area contributed by atoms with Crippen LogP contribution < -0.4 is 10.1 Å². The second-order valence-corrected chi connectivity index (χ2v) is 8.82. The molecule has 6 nitrogen and oxygen atoms in total. The zero-order valence-corrected chi connectivity index (χ0v) is 17.7. The summed E-state index contributed by atoms with van der Waals surface area (Å²) < 4.78 is 47.3. The number of carbonyl (C=O) groups excluding carboxylic acids is 1. The van der Waals surface area contributed by atoms with Crippen molar-refractivity contribution in [1.29, 1.82) is 0 Å². The maximum absolute atomic E-state index is 13.7. The quantitative estimate of drug-likeness (QED) is 0.723.